The number of sulfonamides is 1. The maximum Gasteiger partial charge on any atom is 0.242 e. The number of anilines is 1. The van der Waals surface area contributed by atoms with Crippen LogP contribution in [0, 0.1) is 0 Å². The van der Waals surface area contributed by atoms with Crippen molar-refractivity contribution >= 4 is 33.3 Å². The van der Waals surface area contributed by atoms with Crippen molar-refractivity contribution in [1.82, 2.24) is 15.0 Å². The van der Waals surface area contributed by atoms with Gasteiger partial charge in [0.2, 0.25) is 15.9 Å². The van der Waals surface area contributed by atoms with Crippen LogP contribution in [0.1, 0.15) is 19.8 Å². The second-order valence-corrected chi connectivity index (χ2v) is 6.42. The van der Waals surface area contributed by atoms with Crippen molar-refractivity contribution in [3.8, 4) is 0 Å². The Labute approximate surface area is 129 Å². The highest BCUT2D eigenvalue weighted by atomic mass is 35.5. The summed E-state index contributed by atoms with van der Waals surface area (Å²) in [5.74, 6) is 0.204. The number of rotatable bonds is 8. The lowest BCUT2D eigenvalue weighted by Crippen LogP contribution is -2.31. The molecule has 1 aromatic rings. The Hall–Kier alpha value is -1.38. The molecule has 0 saturated carbocycles. The van der Waals surface area contributed by atoms with Gasteiger partial charge in [-0.05, 0) is 12.5 Å². The monoisotopic (exact) mass is 334 g/mol. The zero-order valence-corrected chi connectivity index (χ0v) is 13.5. The molecule has 7 nitrogen and oxygen atoms in total. The van der Waals surface area contributed by atoms with Crippen LogP contribution in [-0.4, -0.2) is 39.4 Å². The number of carbonyl (C=O) groups excluding carboxylic acids is 1. The van der Waals surface area contributed by atoms with E-state index in [1.54, 1.807) is 7.05 Å². The first-order chi connectivity index (χ1) is 9.90. The molecule has 0 aliphatic carbocycles. The predicted octanol–water partition coefficient (Wildman–Crippen LogP) is 0.971. The van der Waals surface area contributed by atoms with E-state index >= 15 is 0 Å². The minimum Gasteiger partial charge on any atom is -0.372 e. The fourth-order valence-electron chi connectivity index (χ4n) is 1.49. The van der Waals surface area contributed by atoms with Crippen molar-refractivity contribution in [2.75, 3.05) is 25.5 Å². The lowest BCUT2D eigenvalue weighted by Gasteiger charge is -2.08. The average Bonchev–Trinajstić information content (AvgIpc) is 2.44. The molecule has 0 atom stereocenters. The van der Waals surface area contributed by atoms with Crippen molar-refractivity contribution in [1.29, 1.82) is 0 Å². The zero-order valence-electron chi connectivity index (χ0n) is 11.9. The first kappa shape index (κ1) is 17.7. The van der Waals surface area contributed by atoms with Gasteiger partial charge in [0, 0.05) is 32.8 Å². The molecule has 118 valence electrons. The molecular formula is C12H19ClN4O3S. The molecule has 3 N–H and O–H groups in total. The fourth-order valence-corrected chi connectivity index (χ4v) is 2.81. The summed E-state index contributed by atoms with van der Waals surface area (Å²) in [6.45, 7) is 2.54. The maximum absolute atomic E-state index is 12.0. The van der Waals surface area contributed by atoms with Gasteiger partial charge in [-0.15, -0.1) is 0 Å². The van der Waals surface area contributed by atoms with Gasteiger partial charge in [0.15, 0.2) is 0 Å². The Morgan fingerprint density at radius 2 is 2.10 bits per heavy atom. The van der Waals surface area contributed by atoms with E-state index in [0.29, 0.717) is 12.4 Å². The van der Waals surface area contributed by atoms with Gasteiger partial charge in [0.05, 0.1) is 5.02 Å². The number of aromatic nitrogens is 1. The summed E-state index contributed by atoms with van der Waals surface area (Å²) in [5, 5.41) is 5.62. The topological polar surface area (TPSA) is 100 Å². The first-order valence-electron chi connectivity index (χ1n) is 6.50. The Bertz CT molecular complexity index is 592. The molecule has 0 saturated heterocycles. The summed E-state index contributed by atoms with van der Waals surface area (Å²) in [7, 11) is -2.09. The predicted molar refractivity (Wildman–Crippen MR) is 81.9 cm³/mol. The maximum atomic E-state index is 12.0. The van der Waals surface area contributed by atoms with E-state index in [4.69, 9.17) is 11.6 Å². The largest absolute Gasteiger partial charge is 0.372 e. The zero-order chi connectivity index (χ0) is 15.9. The van der Waals surface area contributed by atoms with Gasteiger partial charge in [-0.25, -0.2) is 18.1 Å². The Kier molecular flexibility index (Phi) is 6.86. The SMILES string of the molecule is CCCNC(=O)CCNS(=O)(=O)c1cnc(NC)c(Cl)c1. The number of nitrogens with one attached hydrogen (secondary N) is 3. The minimum atomic E-state index is -3.73. The normalized spacial score (nSPS) is 11.2. The van der Waals surface area contributed by atoms with E-state index in [2.05, 4.69) is 20.3 Å². The van der Waals surface area contributed by atoms with Crippen LogP contribution >= 0.6 is 11.6 Å². The standard InChI is InChI=1S/C12H19ClN4O3S/c1-3-5-15-11(18)4-6-17-21(19,20)9-7-10(13)12(14-2)16-8-9/h7-8,17H,3-6H2,1-2H3,(H,14,16)(H,15,18). The van der Waals surface area contributed by atoms with Gasteiger partial charge < -0.3 is 10.6 Å². The molecule has 0 aliphatic heterocycles. The van der Waals surface area contributed by atoms with Crippen LogP contribution in [0.2, 0.25) is 5.02 Å². The summed E-state index contributed by atoms with van der Waals surface area (Å²) in [6, 6.07) is 1.31. The molecule has 1 amide bonds. The quantitative estimate of drug-likeness (QED) is 0.657. The number of halogens is 1. The van der Waals surface area contributed by atoms with E-state index in [-0.39, 0.29) is 28.8 Å². The molecule has 1 heterocycles. The Morgan fingerprint density at radius 1 is 1.38 bits per heavy atom. The summed E-state index contributed by atoms with van der Waals surface area (Å²) in [4.78, 5) is 15.2. The minimum absolute atomic E-state index is 0.0171. The highest BCUT2D eigenvalue weighted by Gasteiger charge is 2.16. The van der Waals surface area contributed by atoms with E-state index in [1.807, 2.05) is 6.92 Å². The molecule has 1 rings (SSSR count). The van der Waals surface area contributed by atoms with Crippen molar-refractivity contribution in [3.63, 3.8) is 0 Å². The fraction of sp³-hybridized carbons (Fsp3) is 0.500. The lowest BCUT2D eigenvalue weighted by atomic mass is 10.4. The molecular weight excluding hydrogens is 316 g/mol. The molecule has 0 radical (unpaired) electrons. The smallest absolute Gasteiger partial charge is 0.242 e. The molecule has 0 fully saturated rings. The van der Waals surface area contributed by atoms with Gasteiger partial charge in [-0.2, -0.15) is 0 Å². The summed E-state index contributed by atoms with van der Waals surface area (Å²) in [6.07, 6.45) is 2.12. The van der Waals surface area contributed by atoms with Gasteiger partial charge in [0.25, 0.3) is 0 Å². The Morgan fingerprint density at radius 3 is 2.67 bits per heavy atom. The molecule has 1 aromatic heterocycles. The van der Waals surface area contributed by atoms with E-state index < -0.39 is 10.0 Å². The number of pyridine rings is 1. The van der Waals surface area contributed by atoms with Crippen molar-refractivity contribution in [2.45, 2.75) is 24.7 Å². The summed E-state index contributed by atoms with van der Waals surface area (Å²) >= 11 is 5.90. The van der Waals surface area contributed by atoms with Crippen molar-refractivity contribution in [3.05, 3.63) is 17.3 Å². The summed E-state index contributed by atoms with van der Waals surface area (Å²) < 4.78 is 26.4. The van der Waals surface area contributed by atoms with Gasteiger partial charge in [0.1, 0.15) is 10.7 Å². The highest BCUT2D eigenvalue weighted by molar-refractivity contribution is 7.89. The van der Waals surface area contributed by atoms with Gasteiger partial charge >= 0.3 is 0 Å². The summed E-state index contributed by atoms with van der Waals surface area (Å²) in [5.41, 5.74) is 0. The van der Waals surface area contributed by atoms with Gasteiger partial charge in [-0.1, -0.05) is 18.5 Å². The average molecular weight is 335 g/mol. The number of nitrogens with zero attached hydrogens (tertiary/aromatic N) is 1. The second-order valence-electron chi connectivity index (χ2n) is 4.25. The number of carbonyl (C=O) groups is 1. The number of amides is 1. The molecule has 9 heteroatoms. The number of hydrogen-bond acceptors (Lipinski definition) is 5. The van der Waals surface area contributed by atoms with Crippen LogP contribution in [-0.2, 0) is 14.8 Å². The van der Waals surface area contributed by atoms with Crippen LogP contribution < -0.4 is 15.4 Å². The first-order valence-corrected chi connectivity index (χ1v) is 8.36. The highest BCUT2D eigenvalue weighted by Crippen LogP contribution is 2.21. The molecule has 0 spiro atoms. The number of hydrogen-bond donors (Lipinski definition) is 3. The van der Waals surface area contributed by atoms with E-state index in [0.717, 1.165) is 6.42 Å². The van der Waals surface area contributed by atoms with Crippen molar-refractivity contribution in [2.24, 2.45) is 0 Å². The third-order valence-corrected chi connectivity index (χ3v) is 4.30. The third-order valence-electron chi connectivity index (χ3n) is 2.58. The van der Waals surface area contributed by atoms with E-state index in [1.165, 1.54) is 12.3 Å². The van der Waals surface area contributed by atoms with Crippen LogP contribution in [0.3, 0.4) is 0 Å². The van der Waals surface area contributed by atoms with Gasteiger partial charge in [-0.3, -0.25) is 4.79 Å². The molecule has 0 aliphatic rings. The molecule has 21 heavy (non-hydrogen) atoms. The van der Waals surface area contributed by atoms with Crippen molar-refractivity contribution < 1.29 is 13.2 Å². The molecule has 0 aromatic carbocycles. The van der Waals surface area contributed by atoms with E-state index in [9.17, 15) is 13.2 Å². The van der Waals surface area contributed by atoms with Crippen LogP contribution in [0.25, 0.3) is 0 Å². The molecule has 0 bridgehead atoms. The Balaban J connectivity index is 2.61. The molecule has 0 unspecified atom stereocenters. The van der Waals surface area contributed by atoms with Crippen LogP contribution in [0.5, 0.6) is 0 Å². The second kappa shape index (κ2) is 8.16. The third kappa shape index (κ3) is 5.49. The van der Waals surface area contributed by atoms with Crippen LogP contribution in [0.4, 0.5) is 5.82 Å². The lowest BCUT2D eigenvalue weighted by molar-refractivity contribution is -0.120. The van der Waals surface area contributed by atoms with Crippen LogP contribution in [0.15, 0.2) is 17.2 Å².